The molecule has 0 aromatic carbocycles. The monoisotopic (exact) mass is 350 g/mol. The van der Waals surface area contributed by atoms with Crippen LogP contribution in [0.4, 0.5) is 0 Å². The lowest BCUT2D eigenvalue weighted by Crippen LogP contribution is -2.43. The maximum Gasteiger partial charge on any atom is 0.249 e. The minimum atomic E-state index is -3.57. The standard InChI is InChI=1S/C12H22N4O4S2/c1-3-4-9-21(17,18)16-7-5-11(6-8-16)22(19,20)12-14-13-10-15(12)2/h10-11H,3-9H2,1-2H3. The fourth-order valence-electron chi connectivity index (χ4n) is 2.56. The average Bonchev–Trinajstić information content (AvgIpc) is 2.92. The number of sulfonamides is 1. The highest BCUT2D eigenvalue weighted by molar-refractivity contribution is 7.92. The summed E-state index contributed by atoms with van der Waals surface area (Å²) >= 11 is 0. The molecule has 10 heteroatoms. The second-order valence-corrected chi connectivity index (χ2v) is 9.75. The van der Waals surface area contributed by atoms with E-state index in [4.69, 9.17) is 0 Å². The summed E-state index contributed by atoms with van der Waals surface area (Å²) in [5.41, 5.74) is 0. The SMILES string of the molecule is CCCCS(=O)(=O)N1CCC(S(=O)(=O)c2nncn2C)CC1. The molecule has 22 heavy (non-hydrogen) atoms. The van der Waals surface area contributed by atoms with Crippen LogP contribution in [0.5, 0.6) is 0 Å². The first-order valence-electron chi connectivity index (χ1n) is 7.34. The molecule has 0 aliphatic carbocycles. The molecule has 0 radical (unpaired) electrons. The molecule has 0 bridgehead atoms. The zero-order valence-electron chi connectivity index (χ0n) is 12.8. The van der Waals surface area contributed by atoms with Gasteiger partial charge in [0.05, 0.1) is 11.0 Å². The van der Waals surface area contributed by atoms with Crippen molar-refractivity contribution in [2.45, 2.75) is 43.0 Å². The fourth-order valence-corrected chi connectivity index (χ4v) is 5.97. The third-order valence-corrected chi connectivity index (χ3v) is 8.10. The lowest BCUT2D eigenvalue weighted by atomic mass is 10.2. The van der Waals surface area contributed by atoms with Gasteiger partial charge in [-0.2, -0.15) is 0 Å². The van der Waals surface area contributed by atoms with Gasteiger partial charge in [-0.3, -0.25) is 0 Å². The van der Waals surface area contributed by atoms with Crippen LogP contribution < -0.4 is 0 Å². The number of aryl methyl sites for hydroxylation is 1. The lowest BCUT2D eigenvalue weighted by molar-refractivity contribution is 0.344. The molecule has 2 rings (SSSR count). The highest BCUT2D eigenvalue weighted by Gasteiger charge is 2.36. The molecule has 1 aromatic rings. The van der Waals surface area contributed by atoms with Crippen molar-refractivity contribution in [1.82, 2.24) is 19.1 Å². The number of hydrogen-bond donors (Lipinski definition) is 0. The van der Waals surface area contributed by atoms with E-state index < -0.39 is 25.1 Å². The fraction of sp³-hybridized carbons (Fsp3) is 0.833. The predicted molar refractivity (Wildman–Crippen MR) is 81.5 cm³/mol. The number of sulfone groups is 1. The molecule has 1 saturated heterocycles. The van der Waals surface area contributed by atoms with E-state index in [0.29, 0.717) is 19.3 Å². The van der Waals surface area contributed by atoms with Crippen LogP contribution in [0.1, 0.15) is 32.6 Å². The van der Waals surface area contributed by atoms with Gasteiger partial charge in [0.1, 0.15) is 6.33 Å². The van der Waals surface area contributed by atoms with Crippen LogP contribution in [0.15, 0.2) is 11.5 Å². The number of aromatic nitrogens is 3. The number of hydrogen-bond acceptors (Lipinski definition) is 6. The Hall–Kier alpha value is -1.00. The molecule has 0 atom stereocenters. The van der Waals surface area contributed by atoms with Gasteiger partial charge in [0.25, 0.3) is 0 Å². The van der Waals surface area contributed by atoms with E-state index in [1.807, 2.05) is 6.92 Å². The number of nitrogens with zero attached hydrogens (tertiary/aromatic N) is 4. The lowest BCUT2D eigenvalue weighted by Gasteiger charge is -2.30. The van der Waals surface area contributed by atoms with Gasteiger partial charge in [-0.05, 0) is 19.3 Å². The molecule has 1 aliphatic rings. The maximum atomic E-state index is 12.5. The van der Waals surface area contributed by atoms with Gasteiger partial charge in [0.15, 0.2) is 0 Å². The minimum absolute atomic E-state index is 0.0557. The topological polar surface area (TPSA) is 102 Å². The smallest absolute Gasteiger partial charge is 0.249 e. The third-order valence-electron chi connectivity index (χ3n) is 3.91. The molecule has 0 amide bonds. The van der Waals surface area contributed by atoms with E-state index in [2.05, 4.69) is 10.2 Å². The van der Waals surface area contributed by atoms with Gasteiger partial charge in [-0.25, -0.2) is 21.1 Å². The predicted octanol–water partition coefficient (Wildman–Crippen LogP) is 0.183. The molecule has 126 valence electrons. The summed E-state index contributed by atoms with van der Waals surface area (Å²) in [7, 11) is -5.26. The Morgan fingerprint density at radius 2 is 1.86 bits per heavy atom. The van der Waals surface area contributed by atoms with Gasteiger partial charge >= 0.3 is 0 Å². The minimum Gasteiger partial charge on any atom is -0.308 e. The molecular formula is C12H22N4O4S2. The van der Waals surface area contributed by atoms with Gasteiger partial charge in [0.2, 0.25) is 25.0 Å². The van der Waals surface area contributed by atoms with Crippen molar-refractivity contribution in [2.24, 2.45) is 7.05 Å². The van der Waals surface area contributed by atoms with Crippen LogP contribution in [0.2, 0.25) is 0 Å². The molecule has 0 unspecified atom stereocenters. The van der Waals surface area contributed by atoms with Crippen molar-refractivity contribution in [3.05, 3.63) is 6.33 Å². The zero-order valence-corrected chi connectivity index (χ0v) is 14.5. The van der Waals surface area contributed by atoms with Crippen molar-refractivity contribution in [3.8, 4) is 0 Å². The largest absolute Gasteiger partial charge is 0.308 e. The first-order chi connectivity index (χ1) is 10.3. The second-order valence-electron chi connectivity index (χ2n) is 5.54. The Morgan fingerprint density at radius 1 is 1.23 bits per heavy atom. The summed E-state index contributed by atoms with van der Waals surface area (Å²) in [5, 5.41) is 6.60. The van der Waals surface area contributed by atoms with E-state index >= 15 is 0 Å². The molecule has 0 N–H and O–H groups in total. The Kier molecular flexibility index (Phi) is 5.23. The molecule has 0 spiro atoms. The van der Waals surface area contributed by atoms with Crippen LogP contribution >= 0.6 is 0 Å². The van der Waals surface area contributed by atoms with Crippen LogP contribution in [0, 0.1) is 0 Å². The van der Waals surface area contributed by atoms with Crippen molar-refractivity contribution >= 4 is 19.9 Å². The Balaban J connectivity index is 2.05. The van der Waals surface area contributed by atoms with Crippen molar-refractivity contribution < 1.29 is 16.8 Å². The van der Waals surface area contributed by atoms with E-state index in [0.717, 1.165) is 6.42 Å². The molecule has 8 nitrogen and oxygen atoms in total. The van der Waals surface area contributed by atoms with E-state index in [-0.39, 0.29) is 24.0 Å². The summed E-state index contributed by atoms with van der Waals surface area (Å²) in [6.07, 6.45) is 3.37. The van der Waals surface area contributed by atoms with Crippen LogP contribution in [-0.2, 0) is 26.9 Å². The summed E-state index contributed by atoms with van der Waals surface area (Å²) < 4.78 is 52.1. The van der Waals surface area contributed by atoms with Crippen LogP contribution in [0.25, 0.3) is 0 Å². The van der Waals surface area contributed by atoms with E-state index in [9.17, 15) is 16.8 Å². The average molecular weight is 350 g/mol. The van der Waals surface area contributed by atoms with Gasteiger partial charge in [-0.15, -0.1) is 10.2 Å². The van der Waals surface area contributed by atoms with Gasteiger partial charge < -0.3 is 4.57 Å². The van der Waals surface area contributed by atoms with E-state index in [1.54, 1.807) is 7.05 Å². The number of rotatable bonds is 6. The summed E-state index contributed by atoms with van der Waals surface area (Å²) in [4.78, 5) is 0. The Bertz CT molecular complexity index is 703. The van der Waals surface area contributed by atoms with Crippen LogP contribution in [-0.4, -0.2) is 60.0 Å². The van der Waals surface area contributed by atoms with Crippen molar-refractivity contribution in [3.63, 3.8) is 0 Å². The summed E-state index contributed by atoms with van der Waals surface area (Å²) in [6, 6.07) is 0. The normalized spacial score (nSPS) is 18.6. The maximum absolute atomic E-state index is 12.5. The summed E-state index contributed by atoms with van der Waals surface area (Å²) in [5.74, 6) is 0.129. The summed E-state index contributed by atoms with van der Waals surface area (Å²) in [6.45, 7) is 2.43. The Morgan fingerprint density at radius 3 is 2.36 bits per heavy atom. The van der Waals surface area contributed by atoms with Crippen molar-refractivity contribution in [1.29, 1.82) is 0 Å². The van der Waals surface area contributed by atoms with E-state index in [1.165, 1.54) is 15.2 Å². The van der Waals surface area contributed by atoms with Gasteiger partial charge in [0, 0.05) is 20.1 Å². The highest BCUT2D eigenvalue weighted by Crippen LogP contribution is 2.24. The van der Waals surface area contributed by atoms with Gasteiger partial charge in [-0.1, -0.05) is 13.3 Å². The second kappa shape index (κ2) is 6.63. The third kappa shape index (κ3) is 3.49. The molecule has 2 heterocycles. The molecule has 1 aliphatic heterocycles. The Labute approximate surface area is 131 Å². The van der Waals surface area contributed by atoms with Crippen LogP contribution in [0.3, 0.4) is 0 Å². The molecule has 1 fully saturated rings. The number of unbranched alkanes of at least 4 members (excludes halogenated alkanes) is 1. The first kappa shape index (κ1) is 17.4. The quantitative estimate of drug-likeness (QED) is 0.725. The molecular weight excluding hydrogens is 328 g/mol. The molecule has 0 saturated carbocycles. The zero-order chi connectivity index (χ0) is 16.4. The van der Waals surface area contributed by atoms with Crippen molar-refractivity contribution in [2.75, 3.05) is 18.8 Å². The first-order valence-corrected chi connectivity index (χ1v) is 10.5. The highest BCUT2D eigenvalue weighted by atomic mass is 32.2. The number of piperidine rings is 1. The molecule has 1 aromatic heterocycles.